The highest BCUT2D eigenvalue weighted by Gasteiger charge is 2.13. The molecule has 0 unspecified atom stereocenters. The molecule has 134 valence electrons. The monoisotopic (exact) mass is 352 g/mol. The van der Waals surface area contributed by atoms with Crippen LogP contribution in [-0.4, -0.2) is 28.9 Å². The van der Waals surface area contributed by atoms with Crippen molar-refractivity contribution in [2.75, 3.05) is 13.3 Å². The Bertz CT molecular complexity index is 951. The van der Waals surface area contributed by atoms with E-state index in [1.807, 2.05) is 49.4 Å². The molecule has 0 fully saturated rings. The number of benzene rings is 2. The van der Waals surface area contributed by atoms with E-state index in [0.717, 1.165) is 28.2 Å². The molecule has 0 bridgehead atoms. The number of nitrogens with one attached hydrogen (secondary N) is 2. The number of rotatable bonds is 5. The Morgan fingerprint density at radius 2 is 2.00 bits per heavy atom. The number of imidazole rings is 1. The van der Waals surface area contributed by atoms with Gasteiger partial charge in [0.1, 0.15) is 5.82 Å². The molecule has 7 nitrogen and oxygen atoms in total. The Morgan fingerprint density at radius 1 is 1.15 bits per heavy atom. The SMILES string of the molecule is Cc1nc2ccccc2n1CCNC(=O)NCc1ccc2c(c1)OCO2. The number of ether oxygens (including phenoxy) is 2. The molecule has 0 saturated heterocycles. The van der Waals surface area contributed by atoms with Gasteiger partial charge in [0, 0.05) is 19.6 Å². The van der Waals surface area contributed by atoms with Gasteiger partial charge < -0.3 is 24.7 Å². The standard InChI is InChI=1S/C19H20N4O3/c1-13-22-15-4-2-3-5-16(15)23(13)9-8-20-19(24)21-11-14-6-7-17-18(10-14)26-12-25-17/h2-7,10H,8-9,11-12H2,1H3,(H2,20,21,24). The maximum absolute atomic E-state index is 12.0. The molecule has 1 aliphatic rings. The first-order chi connectivity index (χ1) is 12.7. The van der Waals surface area contributed by atoms with Crippen molar-refractivity contribution in [1.29, 1.82) is 0 Å². The van der Waals surface area contributed by atoms with Gasteiger partial charge in [-0.05, 0) is 36.8 Å². The second-order valence-electron chi connectivity index (χ2n) is 6.10. The molecule has 0 atom stereocenters. The Balaban J connectivity index is 1.28. The van der Waals surface area contributed by atoms with E-state index in [9.17, 15) is 4.79 Å². The van der Waals surface area contributed by atoms with Gasteiger partial charge in [-0.3, -0.25) is 0 Å². The second-order valence-corrected chi connectivity index (χ2v) is 6.10. The van der Waals surface area contributed by atoms with E-state index in [2.05, 4.69) is 20.2 Å². The summed E-state index contributed by atoms with van der Waals surface area (Å²) in [5, 5.41) is 5.73. The zero-order chi connectivity index (χ0) is 17.9. The van der Waals surface area contributed by atoms with Crippen LogP contribution in [0.5, 0.6) is 11.5 Å². The zero-order valence-corrected chi connectivity index (χ0v) is 14.5. The van der Waals surface area contributed by atoms with Crippen LogP contribution in [0, 0.1) is 6.92 Å². The van der Waals surface area contributed by atoms with Crippen LogP contribution in [0.2, 0.25) is 0 Å². The molecule has 1 aliphatic heterocycles. The van der Waals surface area contributed by atoms with E-state index in [1.165, 1.54) is 0 Å². The highest BCUT2D eigenvalue weighted by Crippen LogP contribution is 2.32. The van der Waals surface area contributed by atoms with Crippen LogP contribution in [-0.2, 0) is 13.1 Å². The molecule has 3 aromatic rings. The molecule has 0 radical (unpaired) electrons. The summed E-state index contributed by atoms with van der Waals surface area (Å²) in [7, 11) is 0. The van der Waals surface area contributed by atoms with Crippen molar-refractivity contribution < 1.29 is 14.3 Å². The summed E-state index contributed by atoms with van der Waals surface area (Å²) in [6.07, 6.45) is 0. The molecule has 0 spiro atoms. The number of hydrogen-bond acceptors (Lipinski definition) is 4. The summed E-state index contributed by atoms with van der Waals surface area (Å²) >= 11 is 0. The maximum atomic E-state index is 12.0. The summed E-state index contributed by atoms with van der Waals surface area (Å²) in [6.45, 7) is 3.84. The van der Waals surface area contributed by atoms with Gasteiger partial charge in [0.15, 0.2) is 11.5 Å². The Kier molecular flexibility index (Phi) is 4.35. The summed E-state index contributed by atoms with van der Waals surface area (Å²) in [6, 6.07) is 13.4. The smallest absolute Gasteiger partial charge is 0.315 e. The maximum Gasteiger partial charge on any atom is 0.315 e. The van der Waals surface area contributed by atoms with E-state index < -0.39 is 0 Å². The molecule has 2 heterocycles. The number of aromatic nitrogens is 2. The minimum atomic E-state index is -0.204. The molecule has 0 aliphatic carbocycles. The Morgan fingerprint density at radius 3 is 2.92 bits per heavy atom. The van der Waals surface area contributed by atoms with Crippen LogP contribution >= 0.6 is 0 Å². The number of hydrogen-bond donors (Lipinski definition) is 2. The predicted molar refractivity (Wildman–Crippen MR) is 97.3 cm³/mol. The van der Waals surface area contributed by atoms with Gasteiger partial charge in [-0.15, -0.1) is 0 Å². The summed E-state index contributed by atoms with van der Waals surface area (Å²) in [4.78, 5) is 16.6. The molecule has 2 N–H and O–H groups in total. The Labute approximate surface area is 150 Å². The van der Waals surface area contributed by atoms with Gasteiger partial charge in [0.2, 0.25) is 6.79 Å². The highest BCUT2D eigenvalue weighted by molar-refractivity contribution is 5.76. The van der Waals surface area contributed by atoms with E-state index in [-0.39, 0.29) is 12.8 Å². The lowest BCUT2D eigenvalue weighted by atomic mass is 10.2. The lowest BCUT2D eigenvalue weighted by molar-refractivity contribution is 0.174. The second kappa shape index (κ2) is 6.95. The number of fused-ring (bicyclic) bond motifs is 2. The molecular weight excluding hydrogens is 332 g/mol. The number of amides is 2. The third-order valence-electron chi connectivity index (χ3n) is 4.36. The van der Waals surface area contributed by atoms with Crippen LogP contribution in [0.25, 0.3) is 11.0 Å². The average Bonchev–Trinajstić information content (AvgIpc) is 3.24. The predicted octanol–water partition coefficient (Wildman–Crippen LogP) is 2.57. The molecule has 2 amide bonds. The van der Waals surface area contributed by atoms with E-state index >= 15 is 0 Å². The van der Waals surface area contributed by atoms with Crippen molar-refractivity contribution in [1.82, 2.24) is 20.2 Å². The number of urea groups is 1. The minimum Gasteiger partial charge on any atom is -0.454 e. The van der Waals surface area contributed by atoms with E-state index in [1.54, 1.807) is 0 Å². The first-order valence-corrected chi connectivity index (χ1v) is 8.53. The first kappa shape index (κ1) is 16.3. The van der Waals surface area contributed by atoms with Crippen molar-refractivity contribution in [3.8, 4) is 11.5 Å². The van der Waals surface area contributed by atoms with Crippen molar-refractivity contribution >= 4 is 17.1 Å². The van der Waals surface area contributed by atoms with Crippen molar-refractivity contribution in [2.45, 2.75) is 20.0 Å². The van der Waals surface area contributed by atoms with Crippen molar-refractivity contribution in [3.05, 3.63) is 53.9 Å². The number of carbonyl (C=O) groups excluding carboxylic acids is 1. The number of para-hydroxylation sites is 2. The Hall–Kier alpha value is -3.22. The van der Waals surface area contributed by atoms with Crippen LogP contribution in [0.15, 0.2) is 42.5 Å². The minimum absolute atomic E-state index is 0.204. The molecular formula is C19H20N4O3. The normalized spacial score (nSPS) is 12.3. The van der Waals surface area contributed by atoms with Gasteiger partial charge in [0.05, 0.1) is 11.0 Å². The largest absolute Gasteiger partial charge is 0.454 e. The molecule has 26 heavy (non-hydrogen) atoms. The topological polar surface area (TPSA) is 77.4 Å². The lowest BCUT2D eigenvalue weighted by Gasteiger charge is -2.10. The number of carbonyl (C=O) groups is 1. The lowest BCUT2D eigenvalue weighted by Crippen LogP contribution is -2.36. The summed E-state index contributed by atoms with van der Waals surface area (Å²) in [5.41, 5.74) is 3.01. The fourth-order valence-electron chi connectivity index (χ4n) is 3.06. The number of nitrogens with zero attached hydrogens (tertiary/aromatic N) is 2. The van der Waals surface area contributed by atoms with Crippen LogP contribution in [0.1, 0.15) is 11.4 Å². The van der Waals surface area contributed by atoms with Gasteiger partial charge in [-0.2, -0.15) is 0 Å². The van der Waals surface area contributed by atoms with Gasteiger partial charge in [0.25, 0.3) is 0 Å². The molecule has 7 heteroatoms. The summed E-state index contributed by atoms with van der Waals surface area (Å²) < 4.78 is 12.7. The quantitative estimate of drug-likeness (QED) is 0.740. The van der Waals surface area contributed by atoms with Gasteiger partial charge in [-0.1, -0.05) is 18.2 Å². The molecule has 4 rings (SSSR count). The fraction of sp³-hybridized carbons (Fsp3) is 0.263. The van der Waals surface area contributed by atoms with Crippen LogP contribution in [0.3, 0.4) is 0 Å². The van der Waals surface area contributed by atoms with E-state index in [0.29, 0.717) is 25.4 Å². The van der Waals surface area contributed by atoms with Crippen molar-refractivity contribution in [3.63, 3.8) is 0 Å². The van der Waals surface area contributed by atoms with Gasteiger partial charge in [-0.25, -0.2) is 9.78 Å². The van der Waals surface area contributed by atoms with Crippen LogP contribution < -0.4 is 20.1 Å². The third kappa shape index (κ3) is 3.28. The van der Waals surface area contributed by atoms with Crippen molar-refractivity contribution in [2.24, 2.45) is 0 Å². The van der Waals surface area contributed by atoms with E-state index in [4.69, 9.17) is 9.47 Å². The van der Waals surface area contributed by atoms with Crippen LogP contribution in [0.4, 0.5) is 4.79 Å². The average molecular weight is 352 g/mol. The highest BCUT2D eigenvalue weighted by atomic mass is 16.7. The fourth-order valence-corrected chi connectivity index (χ4v) is 3.06. The molecule has 0 saturated carbocycles. The third-order valence-corrected chi connectivity index (χ3v) is 4.36. The first-order valence-electron chi connectivity index (χ1n) is 8.53. The summed E-state index contributed by atoms with van der Waals surface area (Å²) in [5.74, 6) is 2.39. The van der Waals surface area contributed by atoms with Gasteiger partial charge >= 0.3 is 6.03 Å². The zero-order valence-electron chi connectivity index (χ0n) is 14.5. The molecule has 2 aromatic carbocycles. The molecule has 1 aromatic heterocycles. The number of aryl methyl sites for hydroxylation is 1.